The first-order valence-electron chi connectivity index (χ1n) is 7.40. The zero-order chi connectivity index (χ0) is 16.3. The van der Waals surface area contributed by atoms with Gasteiger partial charge in [-0.1, -0.05) is 30.4 Å². The lowest BCUT2D eigenvalue weighted by Gasteiger charge is -2.25. The Labute approximate surface area is 131 Å². The first kappa shape index (κ1) is 16.2. The van der Waals surface area contributed by atoms with Crippen LogP contribution in [-0.4, -0.2) is 35.8 Å². The molecule has 0 saturated carbocycles. The van der Waals surface area contributed by atoms with E-state index in [1.807, 2.05) is 36.9 Å². The minimum absolute atomic E-state index is 0.148. The number of nitrogens with zero attached hydrogens (tertiary/aromatic N) is 2. The third kappa shape index (κ3) is 2.88. The second-order valence-electron chi connectivity index (χ2n) is 5.56. The van der Waals surface area contributed by atoms with Crippen LogP contribution in [0.1, 0.15) is 17.5 Å². The maximum absolute atomic E-state index is 12.8. The summed E-state index contributed by atoms with van der Waals surface area (Å²) in [7, 11) is 0. The summed E-state index contributed by atoms with van der Waals surface area (Å²) >= 11 is 0. The van der Waals surface area contributed by atoms with E-state index >= 15 is 0 Å². The Morgan fingerprint density at radius 2 is 1.73 bits per heavy atom. The molecule has 1 atom stereocenters. The van der Waals surface area contributed by atoms with Crippen LogP contribution in [-0.2, 0) is 9.59 Å². The predicted molar refractivity (Wildman–Crippen MR) is 88.8 cm³/mol. The highest BCUT2D eigenvalue weighted by Gasteiger charge is 2.42. The molecule has 116 valence electrons. The molecule has 2 rings (SSSR count). The fourth-order valence-corrected chi connectivity index (χ4v) is 2.96. The van der Waals surface area contributed by atoms with Gasteiger partial charge < -0.3 is 0 Å². The molecule has 2 amide bonds. The summed E-state index contributed by atoms with van der Waals surface area (Å²) < 4.78 is 0. The minimum atomic E-state index is -0.442. The van der Waals surface area contributed by atoms with Crippen molar-refractivity contribution in [3.63, 3.8) is 0 Å². The van der Waals surface area contributed by atoms with Crippen LogP contribution in [0.3, 0.4) is 0 Å². The summed E-state index contributed by atoms with van der Waals surface area (Å²) in [5.74, 6) is -0.309. The number of amides is 2. The molecule has 0 spiro atoms. The second kappa shape index (κ2) is 6.71. The highest BCUT2D eigenvalue weighted by atomic mass is 16.2. The van der Waals surface area contributed by atoms with Crippen LogP contribution in [0, 0.1) is 13.8 Å². The lowest BCUT2D eigenvalue weighted by atomic mass is 10.1. The molecule has 4 nitrogen and oxygen atoms in total. The van der Waals surface area contributed by atoms with Crippen molar-refractivity contribution in [2.45, 2.75) is 26.3 Å². The molecule has 1 saturated heterocycles. The number of carbonyl (C=O) groups is 2. The van der Waals surface area contributed by atoms with Crippen molar-refractivity contribution in [3.05, 3.63) is 54.6 Å². The molecule has 0 N–H and O–H groups in total. The molecule has 1 fully saturated rings. The zero-order valence-electron chi connectivity index (χ0n) is 13.2. The quantitative estimate of drug-likeness (QED) is 0.599. The number of aryl methyl sites for hydroxylation is 2. The van der Waals surface area contributed by atoms with Gasteiger partial charge in [0.15, 0.2) is 0 Å². The van der Waals surface area contributed by atoms with Crippen LogP contribution >= 0.6 is 0 Å². The Morgan fingerprint density at radius 3 is 2.23 bits per heavy atom. The number of hydrogen-bond donors (Lipinski definition) is 0. The van der Waals surface area contributed by atoms with Gasteiger partial charge in [0.25, 0.3) is 5.91 Å². The Morgan fingerprint density at radius 1 is 1.18 bits per heavy atom. The first-order chi connectivity index (χ1) is 10.5. The standard InChI is InChI=1S/C18H22N2O2/c1-5-10-19(11-6-2)15-12-16(21)20(18(15)22)17-13(3)8-7-9-14(17)4/h5-9,15H,1-2,10-12H2,3-4H3/t15-/m1/s1. The third-order valence-corrected chi connectivity index (χ3v) is 3.95. The average Bonchev–Trinajstić information content (AvgIpc) is 2.75. The smallest absolute Gasteiger partial charge is 0.251 e. The molecule has 1 aliphatic rings. The van der Waals surface area contributed by atoms with Gasteiger partial charge in [0.2, 0.25) is 5.91 Å². The number of para-hydroxylation sites is 1. The van der Waals surface area contributed by atoms with Crippen molar-refractivity contribution in [2.24, 2.45) is 0 Å². The lowest BCUT2D eigenvalue weighted by Crippen LogP contribution is -2.42. The maximum Gasteiger partial charge on any atom is 0.251 e. The van der Waals surface area contributed by atoms with Gasteiger partial charge in [0, 0.05) is 13.1 Å². The molecule has 1 heterocycles. The maximum atomic E-state index is 12.8. The van der Waals surface area contributed by atoms with Gasteiger partial charge in [-0.15, -0.1) is 13.2 Å². The van der Waals surface area contributed by atoms with Crippen LogP contribution < -0.4 is 4.90 Å². The van der Waals surface area contributed by atoms with Crippen molar-refractivity contribution in [1.29, 1.82) is 0 Å². The van der Waals surface area contributed by atoms with Crippen molar-refractivity contribution in [2.75, 3.05) is 18.0 Å². The summed E-state index contributed by atoms with van der Waals surface area (Å²) in [5.41, 5.74) is 2.58. The number of hydrogen-bond acceptors (Lipinski definition) is 3. The molecule has 0 aliphatic carbocycles. The molecule has 1 aromatic rings. The van der Waals surface area contributed by atoms with E-state index < -0.39 is 6.04 Å². The fraction of sp³-hybridized carbons (Fsp3) is 0.333. The number of benzene rings is 1. The van der Waals surface area contributed by atoms with E-state index in [1.54, 1.807) is 12.2 Å². The van der Waals surface area contributed by atoms with Crippen LogP contribution in [0.15, 0.2) is 43.5 Å². The Bertz CT molecular complexity index is 591. The fourth-order valence-electron chi connectivity index (χ4n) is 2.96. The van der Waals surface area contributed by atoms with Crippen molar-refractivity contribution in [1.82, 2.24) is 4.90 Å². The van der Waals surface area contributed by atoms with Crippen LogP contribution in [0.2, 0.25) is 0 Å². The van der Waals surface area contributed by atoms with Crippen molar-refractivity contribution >= 4 is 17.5 Å². The van der Waals surface area contributed by atoms with Gasteiger partial charge in [0.1, 0.15) is 0 Å². The SMILES string of the molecule is C=CCN(CC=C)[C@@H]1CC(=O)N(c2c(C)cccc2C)C1=O. The largest absolute Gasteiger partial charge is 0.284 e. The topological polar surface area (TPSA) is 40.6 Å². The van der Waals surface area contributed by atoms with Gasteiger partial charge in [0.05, 0.1) is 18.2 Å². The zero-order valence-corrected chi connectivity index (χ0v) is 13.2. The number of carbonyl (C=O) groups excluding carboxylic acids is 2. The number of anilines is 1. The third-order valence-electron chi connectivity index (χ3n) is 3.95. The Hall–Kier alpha value is -2.20. The molecule has 22 heavy (non-hydrogen) atoms. The number of imide groups is 1. The average molecular weight is 298 g/mol. The molecule has 0 bridgehead atoms. The van der Waals surface area contributed by atoms with Gasteiger partial charge in [-0.05, 0) is 25.0 Å². The van der Waals surface area contributed by atoms with E-state index in [0.717, 1.165) is 16.8 Å². The van der Waals surface area contributed by atoms with Crippen molar-refractivity contribution < 1.29 is 9.59 Å². The summed E-state index contributed by atoms with van der Waals surface area (Å²) in [6.45, 7) is 12.4. The van der Waals surface area contributed by atoms with Gasteiger partial charge in [-0.2, -0.15) is 0 Å². The molecule has 4 heteroatoms. The monoisotopic (exact) mass is 298 g/mol. The molecule has 0 unspecified atom stereocenters. The summed E-state index contributed by atoms with van der Waals surface area (Å²) in [6, 6.07) is 5.32. The van der Waals surface area contributed by atoms with E-state index in [9.17, 15) is 9.59 Å². The summed E-state index contributed by atoms with van der Waals surface area (Å²) in [5, 5.41) is 0. The van der Waals surface area contributed by atoms with Crippen LogP contribution in [0.5, 0.6) is 0 Å². The van der Waals surface area contributed by atoms with Crippen molar-refractivity contribution in [3.8, 4) is 0 Å². The van der Waals surface area contributed by atoms with Crippen LogP contribution in [0.4, 0.5) is 5.69 Å². The van der Waals surface area contributed by atoms with Gasteiger partial charge >= 0.3 is 0 Å². The van der Waals surface area contributed by atoms with E-state index in [2.05, 4.69) is 13.2 Å². The lowest BCUT2D eigenvalue weighted by molar-refractivity contribution is -0.122. The Kier molecular flexibility index (Phi) is 4.93. The Balaban J connectivity index is 2.36. The first-order valence-corrected chi connectivity index (χ1v) is 7.40. The second-order valence-corrected chi connectivity index (χ2v) is 5.56. The van der Waals surface area contributed by atoms with E-state index in [-0.39, 0.29) is 18.2 Å². The summed E-state index contributed by atoms with van der Waals surface area (Å²) in [6.07, 6.45) is 3.68. The van der Waals surface area contributed by atoms with E-state index in [4.69, 9.17) is 0 Å². The highest BCUT2D eigenvalue weighted by Crippen LogP contribution is 2.31. The van der Waals surface area contributed by atoms with Gasteiger partial charge in [-0.3, -0.25) is 14.5 Å². The van der Waals surface area contributed by atoms with E-state index in [0.29, 0.717) is 13.1 Å². The molecule has 0 radical (unpaired) electrons. The molecule has 1 aliphatic heterocycles. The van der Waals surface area contributed by atoms with Crippen LogP contribution in [0.25, 0.3) is 0 Å². The molecular formula is C18H22N2O2. The normalized spacial score (nSPS) is 18.1. The minimum Gasteiger partial charge on any atom is -0.284 e. The molecule has 0 aromatic heterocycles. The predicted octanol–water partition coefficient (Wildman–Crippen LogP) is 2.61. The molecule has 1 aromatic carbocycles. The molecular weight excluding hydrogens is 276 g/mol. The summed E-state index contributed by atoms with van der Waals surface area (Å²) in [4.78, 5) is 28.5. The number of rotatable bonds is 6. The van der Waals surface area contributed by atoms with E-state index in [1.165, 1.54) is 4.90 Å². The highest BCUT2D eigenvalue weighted by molar-refractivity contribution is 6.23. The van der Waals surface area contributed by atoms with Gasteiger partial charge in [-0.25, -0.2) is 4.90 Å².